The van der Waals surface area contributed by atoms with Gasteiger partial charge in [0.15, 0.2) is 9.84 Å². The normalized spacial score (nSPS) is 13.3. The lowest BCUT2D eigenvalue weighted by molar-refractivity contribution is -0.142. The number of thiazole rings is 1. The van der Waals surface area contributed by atoms with Crippen LogP contribution in [0.1, 0.15) is 30.8 Å². The first-order valence-electron chi connectivity index (χ1n) is 12.7. The average molecular weight is 587 g/mol. The molecule has 0 saturated heterocycles. The first-order valence-corrected chi connectivity index (χ1v) is 15.3. The fourth-order valence-electron chi connectivity index (χ4n) is 4.16. The third kappa shape index (κ3) is 8.18. The van der Waals surface area contributed by atoms with E-state index in [1.807, 2.05) is 12.1 Å². The molecule has 12 heteroatoms. The highest BCUT2D eigenvalue weighted by Gasteiger charge is 2.45. The van der Waals surface area contributed by atoms with E-state index in [1.165, 1.54) is 37.1 Å². The topological polar surface area (TPSA) is 147 Å². The van der Waals surface area contributed by atoms with Crippen LogP contribution in [0.2, 0.25) is 0 Å². The van der Waals surface area contributed by atoms with Gasteiger partial charge in [-0.1, -0.05) is 36.4 Å². The number of sulfone groups is 1. The number of amides is 2. The zero-order valence-corrected chi connectivity index (χ0v) is 24.3. The molecule has 0 spiro atoms. The minimum atomic E-state index is -4.18. The lowest BCUT2D eigenvalue weighted by Crippen LogP contribution is -2.52. The Morgan fingerprint density at radius 1 is 1.02 bits per heavy atom. The van der Waals surface area contributed by atoms with Crippen LogP contribution in [0.3, 0.4) is 0 Å². The van der Waals surface area contributed by atoms with Crippen LogP contribution in [-0.2, 0) is 43.5 Å². The van der Waals surface area contributed by atoms with Crippen LogP contribution in [0, 0.1) is 5.92 Å². The molecule has 10 nitrogen and oxygen atoms in total. The maximum absolute atomic E-state index is 13.7. The number of benzene rings is 1. The predicted molar refractivity (Wildman–Crippen MR) is 152 cm³/mol. The molecule has 2 aromatic heterocycles. The SMILES string of the molecule is CN(CCc1ccccn1)C(=O)C(C)(C)S(=O)(=O)C[C@@H](Cc1ccccc1)C(=O)NC(Cc1cscn1)C(=O)O. The van der Waals surface area contributed by atoms with E-state index in [-0.39, 0.29) is 19.4 Å². The Balaban J connectivity index is 1.79. The Kier molecular flexibility index (Phi) is 10.5. The molecule has 0 saturated carbocycles. The molecule has 2 N–H and O–H groups in total. The van der Waals surface area contributed by atoms with Gasteiger partial charge in [0, 0.05) is 43.7 Å². The molecule has 3 aromatic rings. The monoisotopic (exact) mass is 586 g/mol. The van der Waals surface area contributed by atoms with Crippen LogP contribution in [0.5, 0.6) is 0 Å². The summed E-state index contributed by atoms with van der Waals surface area (Å²) in [6.07, 6.45) is 2.11. The predicted octanol–water partition coefficient (Wildman–Crippen LogP) is 2.40. The number of hydrogen-bond donors (Lipinski definition) is 2. The number of rotatable bonds is 14. The fourth-order valence-corrected chi connectivity index (χ4v) is 6.37. The summed E-state index contributed by atoms with van der Waals surface area (Å²) in [7, 11) is -2.65. The summed E-state index contributed by atoms with van der Waals surface area (Å²) in [6, 6.07) is 13.0. The number of pyridine rings is 1. The molecule has 2 heterocycles. The molecule has 40 heavy (non-hydrogen) atoms. The van der Waals surface area contributed by atoms with Gasteiger partial charge in [0.1, 0.15) is 10.8 Å². The van der Waals surface area contributed by atoms with E-state index in [2.05, 4.69) is 15.3 Å². The summed E-state index contributed by atoms with van der Waals surface area (Å²) < 4.78 is 25.6. The van der Waals surface area contributed by atoms with Gasteiger partial charge in [-0.2, -0.15) is 0 Å². The largest absolute Gasteiger partial charge is 0.480 e. The highest BCUT2D eigenvalue weighted by atomic mass is 32.2. The molecule has 0 fully saturated rings. The number of nitrogens with one attached hydrogen (secondary N) is 1. The van der Waals surface area contributed by atoms with Crippen LogP contribution in [-0.4, -0.2) is 76.3 Å². The van der Waals surface area contributed by atoms with Crippen molar-refractivity contribution >= 4 is 39.0 Å². The Labute approximate surface area is 238 Å². The molecule has 1 aromatic carbocycles. The molecule has 0 aliphatic rings. The van der Waals surface area contributed by atoms with E-state index < -0.39 is 50.1 Å². The molecule has 0 aliphatic carbocycles. The van der Waals surface area contributed by atoms with Crippen LogP contribution in [0.4, 0.5) is 0 Å². The number of carbonyl (C=O) groups is 3. The Bertz CT molecular complexity index is 1380. The summed E-state index contributed by atoms with van der Waals surface area (Å²) >= 11 is 1.30. The van der Waals surface area contributed by atoms with Gasteiger partial charge in [-0.05, 0) is 38.0 Å². The minimum absolute atomic E-state index is 0.0412. The highest BCUT2D eigenvalue weighted by molar-refractivity contribution is 7.93. The molecule has 3 rings (SSSR count). The number of likely N-dealkylation sites (N-methyl/N-ethyl adjacent to an activating group) is 1. The zero-order valence-electron chi connectivity index (χ0n) is 22.7. The third-order valence-corrected chi connectivity index (χ3v) is 9.90. The van der Waals surface area contributed by atoms with Crippen LogP contribution in [0.15, 0.2) is 65.6 Å². The number of aliphatic carboxylic acids is 1. The van der Waals surface area contributed by atoms with E-state index in [4.69, 9.17) is 0 Å². The first-order chi connectivity index (χ1) is 18.9. The van der Waals surface area contributed by atoms with Gasteiger partial charge >= 0.3 is 5.97 Å². The molecule has 2 atom stereocenters. The number of carboxylic acid groups (broad SMARTS) is 1. The van der Waals surface area contributed by atoms with Crippen molar-refractivity contribution in [3.8, 4) is 0 Å². The van der Waals surface area contributed by atoms with Crippen molar-refractivity contribution in [3.63, 3.8) is 0 Å². The van der Waals surface area contributed by atoms with Crippen molar-refractivity contribution in [1.82, 2.24) is 20.2 Å². The van der Waals surface area contributed by atoms with Crippen LogP contribution in [0.25, 0.3) is 0 Å². The fraction of sp³-hybridized carbons (Fsp3) is 0.393. The Hall–Kier alpha value is -3.64. The van der Waals surface area contributed by atoms with Crippen LogP contribution < -0.4 is 5.32 Å². The zero-order chi connectivity index (χ0) is 29.3. The van der Waals surface area contributed by atoms with Crippen molar-refractivity contribution in [2.24, 2.45) is 5.92 Å². The maximum atomic E-state index is 13.7. The van der Waals surface area contributed by atoms with Crippen molar-refractivity contribution < 1.29 is 27.9 Å². The van der Waals surface area contributed by atoms with E-state index >= 15 is 0 Å². The second kappa shape index (κ2) is 13.6. The molecule has 0 radical (unpaired) electrons. The number of aromatic nitrogens is 2. The second-order valence-corrected chi connectivity index (χ2v) is 13.4. The smallest absolute Gasteiger partial charge is 0.326 e. The van der Waals surface area contributed by atoms with Crippen LogP contribution >= 0.6 is 11.3 Å². The van der Waals surface area contributed by atoms with Crippen molar-refractivity contribution in [2.75, 3.05) is 19.3 Å². The standard InChI is InChI=1S/C28H34N4O6S2/c1-28(2,27(36)32(3)14-12-22-11-7-8-13-29-22)40(37,38)18-21(15-20-9-5-4-6-10-20)25(33)31-24(26(34)35)16-23-17-39-19-30-23/h4-11,13,17,19,21,24H,12,14-16,18H2,1-3H3,(H,31,33)(H,34,35)/t21-,24?/m1/s1. The highest BCUT2D eigenvalue weighted by Crippen LogP contribution is 2.24. The summed E-state index contributed by atoms with van der Waals surface area (Å²) in [5, 5.41) is 13.9. The summed E-state index contributed by atoms with van der Waals surface area (Å²) in [4.78, 5) is 48.3. The van der Waals surface area contributed by atoms with Crippen molar-refractivity contribution in [3.05, 3.63) is 82.6 Å². The number of carboxylic acids is 1. The quantitative estimate of drug-likeness (QED) is 0.293. The molecule has 2 amide bonds. The maximum Gasteiger partial charge on any atom is 0.326 e. The summed E-state index contributed by atoms with van der Waals surface area (Å²) in [5.74, 6) is -4.34. The molecule has 214 valence electrons. The molecular formula is C28H34N4O6S2. The van der Waals surface area contributed by atoms with Gasteiger partial charge in [-0.15, -0.1) is 11.3 Å². The van der Waals surface area contributed by atoms with E-state index in [0.717, 1.165) is 5.69 Å². The lowest BCUT2D eigenvalue weighted by Gasteiger charge is -2.30. The van der Waals surface area contributed by atoms with Gasteiger partial charge in [0.25, 0.3) is 0 Å². The summed E-state index contributed by atoms with van der Waals surface area (Å²) in [5.41, 5.74) is 3.55. The third-order valence-electron chi connectivity index (χ3n) is 6.70. The Morgan fingerprint density at radius 2 is 1.73 bits per heavy atom. The molecular weight excluding hydrogens is 552 g/mol. The Morgan fingerprint density at radius 3 is 2.33 bits per heavy atom. The molecule has 0 bridgehead atoms. The van der Waals surface area contributed by atoms with Gasteiger partial charge in [0.05, 0.1) is 22.9 Å². The molecule has 1 unspecified atom stereocenters. The van der Waals surface area contributed by atoms with Crippen molar-refractivity contribution in [1.29, 1.82) is 0 Å². The lowest BCUT2D eigenvalue weighted by atomic mass is 9.99. The number of nitrogens with zero attached hydrogens (tertiary/aromatic N) is 3. The van der Waals surface area contributed by atoms with Gasteiger partial charge < -0.3 is 15.3 Å². The minimum Gasteiger partial charge on any atom is -0.480 e. The van der Waals surface area contributed by atoms with E-state index in [9.17, 15) is 27.9 Å². The summed E-state index contributed by atoms with van der Waals surface area (Å²) in [6.45, 7) is 2.93. The van der Waals surface area contributed by atoms with Crippen molar-refractivity contribution in [2.45, 2.75) is 43.9 Å². The van der Waals surface area contributed by atoms with Gasteiger partial charge in [0.2, 0.25) is 11.8 Å². The first kappa shape index (κ1) is 30.9. The van der Waals surface area contributed by atoms with Gasteiger partial charge in [-0.25, -0.2) is 18.2 Å². The van der Waals surface area contributed by atoms with E-state index in [1.54, 1.807) is 53.5 Å². The average Bonchev–Trinajstić information content (AvgIpc) is 3.44. The van der Waals surface area contributed by atoms with Gasteiger partial charge in [-0.3, -0.25) is 14.6 Å². The molecule has 0 aliphatic heterocycles. The number of hydrogen-bond acceptors (Lipinski definition) is 8. The van der Waals surface area contributed by atoms with E-state index in [0.29, 0.717) is 17.7 Å². The second-order valence-electron chi connectivity index (χ2n) is 10.1. The number of carbonyl (C=O) groups excluding carboxylic acids is 2.